The smallest absolute Gasteiger partial charge is 0.416 e. The van der Waals surface area contributed by atoms with Gasteiger partial charge in [0.2, 0.25) is 0 Å². The predicted molar refractivity (Wildman–Crippen MR) is 59.6 cm³/mol. The summed E-state index contributed by atoms with van der Waals surface area (Å²) in [6, 6.07) is 0. The van der Waals surface area contributed by atoms with E-state index in [1.165, 1.54) is 0 Å². The molecule has 0 saturated carbocycles. The van der Waals surface area contributed by atoms with Crippen LogP contribution in [0.3, 0.4) is 0 Å². The molecule has 5 nitrogen and oxygen atoms in total. The third kappa shape index (κ3) is 4.87. The van der Waals surface area contributed by atoms with E-state index in [2.05, 4.69) is 4.74 Å². The van der Waals surface area contributed by atoms with Crippen molar-refractivity contribution < 1.29 is 32.5 Å². The molecule has 1 fully saturated rings. The lowest BCUT2D eigenvalue weighted by atomic mass is 10.2. The summed E-state index contributed by atoms with van der Waals surface area (Å²) in [6.45, 7) is 3.52. The number of carbonyl (C=O) groups is 1. The molecule has 0 bridgehead atoms. The molecule has 1 aliphatic rings. The van der Waals surface area contributed by atoms with Crippen molar-refractivity contribution in [2.75, 3.05) is 19.7 Å². The van der Waals surface area contributed by atoms with Crippen LogP contribution in [0.2, 0.25) is 0 Å². The molecular weight excluding hydrogens is 267 g/mol. The van der Waals surface area contributed by atoms with Crippen molar-refractivity contribution in [3.05, 3.63) is 0 Å². The molecule has 1 aliphatic heterocycles. The summed E-state index contributed by atoms with van der Waals surface area (Å²) < 4.78 is 47.6. The van der Waals surface area contributed by atoms with Gasteiger partial charge in [0.1, 0.15) is 5.60 Å². The van der Waals surface area contributed by atoms with Crippen molar-refractivity contribution in [1.82, 2.24) is 4.90 Å². The van der Waals surface area contributed by atoms with Gasteiger partial charge >= 0.3 is 12.3 Å². The number of rotatable bonds is 1. The summed E-state index contributed by atoms with van der Waals surface area (Å²) >= 11 is 0. The van der Waals surface area contributed by atoms with Crippen molar-refractivity contribution in [2.24, 2.45) is 0 Å². The van der Waals surface area contributed by atoms with Gasteiger partial charge in [-0.25, -0.2) is 4.79 Å². The molecule has 0 spiro atoms. The Kier molecular flexibility index (Phi) is 4.67. The fraction of sp³-hybridized carbons (Fsp3) is 0.909. The summed E-state index contributed by atoms with van der Waals surface area (Å²) in [4.78, 5) is 12.7. The number of halogens is 3. The van der Waals surface area contributed by atoms with Crippen LogP contribution in [0, 0.1) is 0 Å². The highest BCUT2D eigenvalue weighted by atomic mass is 19.4. The molecule has 1 saturated heterocycles. The van der Waals surface area contributed by atoms with Crippen LogP contribution >= 0.6 is 0 Å². The van der Waals surface area contributed by atoms with E-state index in [-0.39, 0.29) is 6.54 Å². The fourth-order valence-corrected chi connectivity index (χ4v) is 1.60. The third-order valence-electron chi connectivity index (χ3n) is 2.39. The highest BCUT2D eigenvalue weighted by Gasteiger charge is 2.47. The van der Waals surface area contributed by atoms with E-state index < -0.39 is 43.2 Å². The Morgan fingerprint density at radius 1 is 1.37 bits per heavy atom. The fourth-order valence-electron chi connectivity index (χ4n) is 1.60. The van der Waals surface area contributed by atoms with Crippen LogP contribution < -0.4 is 0 Å². The van der Waals surface area contributed by atoms with E-state index in [9.17, 15) is 18.0 Å². The van der Waals surface area contributed by atoms with Crippen LogP contribution in [0.4, 0.5) is 18.0 Å². The van der Waals surface area contributed by atoms with E-state index in [1.807, 2.05) is 0 Å². The summed E-state index contributed by atoms with van der Waals surface area (Å²) in [5.41, 5.74) is -0.794. The monoisotopic (exact) mass is 285 g/mol. The maximum atomic E-state index is 12.6. The molecule has 2 atom stereocenters. The van der Waals surface area contributed by atoms with Crippen LogP contribution in [-0.2, 0) is 9.47 Å². The Hall–Kier alpha value is -1.02. The van der Waals surface area contributed by atoms with E-state index in [0.29, 0.717) is 0 Å². The van der Waals surface area contributed by atoms with E-state index in [0.717, 1.165) is 4.90 Å². The van der Waals surface area contributed by atoms with Gasteiger partial charge in [0.05, 0.1) is 25.8 Å². The quantitative estimate of drug-likeness (QED) is 0.794. The number of hydrogen-bond acceptors (Lipinski definition) is 4. The van der Waals surface area contributed by atoms with Gasteiger partial charge in [-0.2, -0.15) is 13.2 Å². The Morgan fingerprint density at radius 3 is 2.37 bits per heavy atom. The minimum absolute atomic E-state index is 0.127. The topological polar surface area (TPSA) is 59.0 Å². The molecule has 1 amide bonds. The van der Waals surface area contributed by atoms with Gasteiger partial charge in [-0.05, 0) is 20.8 Å². The maximum Gasteiger partial charge on any atom is 0.416 e. The van der Waals surface area contributed by atoms with E-state index in [1.54, 1.807) is 20.8 Å². The zero-order valence-corrected chi connectivity index (χ0v) is 11.0. The molecular formula is C11H18F3NO4. The first-order valence-corrected chi connectivity index (χ1v) is 5.84. The van der Waals surface area contributed by atoms with Crippen molar-refractivity contribution in [3.8, 4) is 0 Å². The number of ether oxygens (including phenoxy) is 2. The van der Waals surface area contributed by atoms with Crippen molar-refractivity contribution in [3.63, 3.8) is 0 Å². The maximum absolute atomic E-state index is 12.6. The number of amides is 1. The molecule has 1 rings (SSSR count). The second-order valence-electron chi connectivity index (χ2n) is 5.36. The van der Waals surface area contributed by atoms with Gasteiger partial charge in [0.15, 0.2) is 6.10 Å². The SMILES string of the molecule is CC(C)(C)OC(=O)N1C[C@@H](CO)O[C@@H](C(F)(F)F)C1. The first-order valence-electron chi connectivity index (χ1n) is 5.84. The average Bonchev–Trinajstić information content (AvgIpc) is 2.25. The lowest BCUT2D eigenvalue weighted by Crippen LogP contribution is -2.56. The van der Waals surface area contributed by atoms with Crippen LogP contribution in [0.1, 0.15) is 20.8 Å². The molecule has 0 aliphatic carbocycles. The zero-order valence-electron chi connectivity index (χ0n) is 11.0. The van der Waals surface area contributed by atoms with Gasteiger partial charge in [0.25, 0.3) is 0 Å². The van der Waals surface area contributed by atoms with Crippen LogP contribution in [0.25, 0.3) is 0 Å². The van der Waals surface area contributed by atoms with Crippen molar-refractivity contribution in [2.45, 2.75) is 44.8 Å². The highest BCUT2D eigenvalue weighted by molar-refractivity contribution is 5.68. The summed E-state index contributed by atoms with van der Waals surface area (Å²) in [7, 11) is 0. The van der Waals surface area contributed by atoms with Gasteiger partial charge < -0.3 is 19.5 Å². The third-order valence-corrected chi connectivity index (χ3v) is 2.39. The Morgan fingerprint density at radius 2 is 1.95 bits per heavy atom. The zero-order chi connectivity index (χ0) is 14.8. The number of morpholine rings is 1. The lowest BCUT2D eigenvalue weighted by Gasteiger charge is -2.38. The first-order chi connectivity index (χ1) is 8.53. The number of carbonyl (C=O) groups excluding carboxylic acids is 1. The van der Waals surface area contributed by atoms with Crippen LogP contribution in [-0.4, -0.2) is 59.8 Å². The summed E-state index contributed by atoms with van der Waals surface area (Å²) in [5, 5.41) is 8.94. The van der Waals surface area contributed by atoms with Gasteiger partial charge in [-0.15, -0.1) is 0 Å². The molecule has 0 aromatic heterocycles. The average molecular weight is 285 g/mol. The second-order valence-corrected chi connectivity index (χ2v) is 5.36. The standard InChI is InChI=1S/C11H18F3NO4/c1-10(2,3)19-9(17)15-4-7(6-16)18-8(5-15)11(12,13)14/h7-8,16H,4-6H2,1-3H3/t7-,8+/m0/s1. The largest absolute Gasteiger partial charge is 0.444 e. The molecule has 19 heavy (non-hydrogen) atoms. The number of alkyl halides is 3. The molecule has 8 heteroatoms. The minimum Gasteiger partial charge on any atom is -0.444 e. The number of hydrogen-bond donors (Lipinski definition) is 1. The summed E-state index contributed by atoms with van der Waals surface area (Å²) in [6.07, 6.45) is -8.60. The van der Waals surface area contributed by atoms with Crippen LogP contribution in [0.5, 0.6) is 0 Å². The molecule has 112 valence electrons. The van der Waals surface area contributed by atoms with Crippen molar-refractivity contribution in [1.29, 1.82) is 0 Å². The normalized spacial score (nSPS) is 25.3. The molecule has 1 heterocycles. The number of nitrogens with zero attached hydrogens (tertiary/aromatic N) is 1. The number of aliphatic hydroxyl groups excluding tert-OH is 1. The minimum atomic E-state index is -4.59. The Labute approximate surface area is 109 Å². The van der Waals surface area contributed by atoms with Gasteiger partial charge in [0, 0.05) is 0 Å². The van der Waals surface area contributed by atoms with Gasteiger partial charge in [-0.1, -0.05) is 0 Å². The molecule has 1 N–H and O–H groups in total. The molecule has 0 radical (unpaired) electrons. The van der Waals surface area contributed by atoms with Crippen LogP contribution in [0.15, 0.2) is 0 Å². The number of aliphatic hydroxyl groups is 1. The predicted octanol–water partition coefficient (Wildman–Crippen LogP) is 1.55. The summed E-state index contributed by atoms with van der Waals surface area (Å²) in [5.74, 6) is 0. The Balaban J connectivity index is 2.75. The lowest BCUT2D eigenvalue weighted by molar-refractivity contribution is -0.254. The molecule has 0 aromatic carbocycles. The van der Waals surface area contributed by atoms with Gasteiger partial charge in [-0.3, -0.25) is 0 Å². The van der Waals surface area contributed by atoms with Crippen molar-refractivity contribution >= 4 is 6.09 Å². The second kappa shape index (κ2) is 5.54. The van der Waals surface area contributed by atoms with E-state index in [4.69, 9.17) is 9.84 Å². The first kappa shape index (κ1) is 16.0. The van der Waals surface area contributed by atoms with E-state index >= 15 is 0 Å². The molecule has 0 aromatic rings. The highest BCUT2D eigenvalue weighted by Crippen LogP contribution is 2.28. The Bertz CT molecular complexity index is 327. The molecule has 0 unspecified atom stereocenters.